The third kappa shape index (κ3) is 2.40. The molecule has 1 radical (unpaired) electrons. The molecule has 0 saturated carbocycles. The number of aromatic nitrogens is 4. The summed E-state index contributed by atoms with van der Waals surface area (Å²) in [5.41, 5.74) is 1.87. The lowest BCUT2D eigenvalue weighted by Crippen LogP contribution is -1.97. The maximum absolute atomic E-state index is 4.09. The van der Waals surface area contributed by atoms with Crippen molar-refractivity contribution >= 4 is 0 Å². The highest BCUT2D eigenvalue weighted by Gasteiger charge is 2.02. The van der Waals surface area contributed by atoms with E-state index in [0.717, 1.165) is 30.6 Å². The zero-order valence-corrected chi connectivity index (χ0v) is 8.50. The summed E-state index contributed by atoms with van der Waals surface area (Å²) in [6.45, 7) is 4.67. The van der Waals surface area contributed by atoms with Crippen LogP contribution in [0.2, 0.25) is 0 Å². The van der Waals surface area contributed by atoms with E-state index < -0.39 is 0 Å². The first kappa shape index (κ1) is 9.83. The summed E-state index contributed by atoms with van der Waals surface area (Å²) in [4.78, 5) is 4.05. The Morgan fingerprint density at radius 1 is 1.40 bits per heavy atom. The zero-order chi connectivity index (χ0) is 10.5. The molecule has 0 N–H and O–H groups in total. The largest absolute Gasteiger partial charge is 0.264 e. The van der Waals surface area contributed by atoms with Crippen molar-refractivity contribution in [2.75, 3.05) is 0 Å². The van der Waals surface area contributed by atoms with Crippen molar-refractivity contribution in [3.63, 3.8) is 0 Å². The van der Waals surface area contributed by atoms with Gasteiger partial charge in [0.1, 0.15) is 5.69 Å². The summed E-state index contributed by atoms with van der Waals surface area (Å²) in [5.74, 6) is 0. The van der Waals surface area contributed by atoms with E-state index in [-0.39, 0.29) is 0 Å². The number of hydrogen-bond acceptors (Lipinski definition) is 3. The number of aryl methyl sites for hydroxylation is 1. The van der Waals surface area contributed by atoms with E-state index in [1.807, 2.05) is 23.0 Å². The molecule has 0 aliphatic rings. The Hall–Kier alpha value is -1.71. The maximum Gasteiger partial charge on any atom is 0.114 e. The predicted molar refractivity (Wildman–Crippen MR) is 57.8 cm³/mol. The Morgan fingerprint density at radius 3 is 3.07 bits per heavy atom. The van der Waals surface area contributed by atoms with Crippen LogP contribution in [-0.2, 0) is 6.54 Å². The molecule has 4 heteroatoms. The van der Waals surface area contributed by atoms with Crippen LogP contribution in [-0.4, -0.2) is 20.0 Å². The normalized spacial score (nSPS) is 10.5. The van der Waals surface area contributed by atoms with Crippen LogP contribution >= 0.6 is 0 Å². The van der Waals surface area contributed by atoms with E-state index >= 15 is 0 Å². The average molecular weight is 201 g/mol. The van der Waals surface area contributed by atoms with Gasteiger partial charge in [-0.15, -0.1) is 5.10 Å². The number of rotatable bonds is 4. The summed E-state index contributed by atoms with van der Waals surface area (Å²) in [7, 11) is 0. The van der Waals surface area contributed by atoms with Gasteiger partial charge in [-0.2, -0.15) is 0 Å². The highest BCUT2D eigenvalue weighted by molar-refractivity contribution is 5.55. The van der Waals surface area contributed by atoms with Crippen molar-refractivity contribution in [1.82, 2.24) is 20.0 Å². The quantitative estimate of drug-likeness (QED) is 0.759. The first-order chi connectivity index (χ1) is 7.40. The lowest BCUT2D eigenvalue weighted by molar-refractivity contribution is 0.562. The molecule has 2 rings (SSSR count). The molecule has 0 aromatic carbocycles. The van der Waals surface area contributed by atoms with Gasteiger partial charge < -0.3 is 0 Å². The molecule has 0 unspecified atom stereocenters. The summed E-state index contributed by atoms with van der Waals surface area (Å²) < 4.78 is 1.84. The number of hydrogen-bond donors (Lipinski definition) is 0. The minimum Gasteiger partial charge on any atom is -0.264 e. The molecule has 2 aromatic rings. The first-order valence-electron chi connectivity index (χ1n) is 5.00. The SMILES string of the molecule is [CH2]CCCn1cc(-c2cccnc2)nn1. The van der Waals surface area contributed by atoms with Gasteiger partial charge in [-0.05, 0) is 18.6 Å². The third-order valence-electron chi connectivity index (χ3n) is 2.13. The standard InChI is InChI=1S/C11H13N4/c1-2-3-7-15-9-11(13-14-15)10-5-4-6-12-8-10/h4-6,8-9H,1-3,7H2. The van der Waals surface area contributed by atoms with Crippen LogP contribution in [0, 0.1) is 6.92 Å². The molecule has 0 atom stereocenters. The Balaban J connectivity index is 2.14. The fraction of sp³-hybridized carbons (Fsp3) is 0.273. The van der Waals surface area contributed by atoms with Crippen molar-refractivity contribution < 1.29 is 0 Å². The van der Waals surface area contributed by atoms with Gasteiger partial charge in [-0.1, -0.05) is 18.6 Å². The average Bonchev–Trinajstić information content (AvgIpc) is 2.76. The van der Waals surface area contributed by atoms with Crippen LogP contribution in [0.1, 0.15) is 12.8 Å². The van der Waals surface area contributed by atoms with Crippen LogP contribution in [0.3, 0.4) is 0 Å². The van der Waals surface area contributed by atoms with Crippen molar-refractivity contribution in [1.29, 1.82) is 0 Å². The number of pyridine rings is 1. The van der Waals surface area contributed by atoms with Crippen LogP contribution in [0.25, 0.3) is 11.3 Å². The topological polar surface area (TPSA) is 43.6 Å². The van der Waals surface area contributed by atoms with E-state index in [2.05, 4.69) is 22.2 Å². The van der Waals surface area contributed by atoms with E-state index in [1.165, 1.54) is 0 Å². The smallest absolute Gasteiger partial charge is 0.114 e. The second-order valence-electron chi connectivity index (χ2n) is 3.32. The minimum absolute atomic E-state index is 0.868. The molecule has 4 nitrogen and oxygen atoms in total. The van der Waals surface area contributed by atoms with Crippen LogP contribution < -0.4 is 0 Å². The van der Waals surface area contributed by atoms with Gasteiger partial charge in [-0.3, -0.25) is 9.67 Å². The van der Waals surface area contributed by atoms with Gasteiger partial charge in [0.05, 0.1) is 6.20 Å². The van der Waals surface area contributed by atoms with Gasteiger partial charge in [0, 0.05) is 24.5 Å². The molecule has 2 heterocycles. The van der Waals surface area contributed by atoms with Crippen LogP contribution in [0.15, 0.2) is 30.7 Å². The van der Waals surface area contributed by atoms with Crippen LogP contribution in [0.4, 0.5) is 0 Å². The van der Waals surface area contributed by atoms with Crippen molar-refractivity contribution in [2.45, 2.75) is 19.4 Å². The summed E-state index contributed by atoms with van der Waals surface area (Å²) in [5, 5.41) is 8.13. The molecule has 2 aromatic heterocycles. The molecule has 0 fully saturated rings. The molecular formula is C11H13N4. The van der Waals surface area contributed by atoms with Crippen molar-refractivity contribution in [3.05, 3.63) is 37.6 Å². The second-order valence-corrected chi connectivity index (χ2v) is 3.32. The second kappa shape index (κ2) is 4.68. The molecule has 0 bridgehead atoms. The Kier molecular flexibility index (Phi) is 3.07. The summed E-state index contributed by atoms with van der Waals surface area (Å²) in [6.07, 6.45) is 7.41. The fourth-order valence-electron chi connectivity index (χ4n) is 1.33. The van der Waals surface area contributed by atoms with E-state index in [0.29, 0.717) is 0 Å². The maximum atomic E-state index is 4.09. The van der Waals surface area contributed by atoms with Crippen molar-refractivity contribution in [2.24, 2.45) is 0 Å². The lowest BCUT2D eigenvalue weighted by Gasteiger charge is -1.95. The molecule has 0 spiro atoms. The highest BCUT2D eigenvalue weighted by atomic mass is 15.4. The monoisotopic (exact) mass is 201 g/mol. The molecule has 15 heavy (non-hydrogen) atoms. The summed E-state index contributed by atoms with van der Waals surface area (Å²) in [6, 6.07) is 3.87. The Labute approximate surface area is 89.0 Å². The molecular weight excluding hydrogens is 188 g/mol. The van der Waals surface area contributed by atoms with E-state index in [9.17, 15) is 0 Å². The molecule has 0 amide bonds. The van der Waals surface area contributed by atoms with E-state index in [1.54, 1.807) is 12.4 Å². The molecule has 0 aliphatic heterocycles. The molecule has 0 aliphatic carbocycles. The number of unbranched alkanes of at least 4 members (excludes halogenated alkanes) is 1. The third-order valence-corrected chi connectivity index (χ3v) is 2.13. The van der Waals surface area contributed by atoms with E-state index in [4.69, 9.17) is 0 Å². The van der Waals surface area contributed by atoms with Gasteiger partial charge in [-0.25, -0.2) is 0 Å². The van der Waals surface area contributed by atoms with Crippen LogP contribution in [0.5, 0.6) is 0 Å². The highest BCUT2D eigenvalue weighted by Crippen LogP contribution is 2.13. The van der Waals surface area contributed by atoms with Gasteiger partial charge in [0.2, 0.25) is 0 Å². The molecule has 0 saturated heterocycles. The summed E-state index contributed by atoms with van der Waals surface area (Å²) >= 11 is 0. The van der Waals surface area contributed by atoms with Crippen molar-refractivity contribution in [3.8, 4) is 11.3 Å². The first-order valence-corrected chi connectivity index (χ1v) is 5.00. The zero-order valence-electron chi connectivity index (χ0n) is 8.50. The van der Waals surface area contributed by atoms with Gasteiger partial charge in [0.25, 0.3) is 0 Å². The van der Waals surface area contributed by atoms with Gasteiger partial charge in [0.15, 0.2) is 0 Å². The predicted octanol–water partition coefficient (Wildman–Crippen LogP) is 1.95. The molecule has 77 valence electrons. The Morgan fingerprint density at radius 2 is 2.33 bits per heavy atom. The fourth-order valence-corrected chi connectivity index (χ4v) is 1.33. The minimum atomic E-state index is 0.868. The number of nitrogens with zero attached hydrogens (tertiary/aromatic N) is 4. The van der Waals surface area contributed by atoms with Gasteiger partial charge >= 0.3 is 0 Å². The lowest BCUT2D eigenvalue weighted by atomic mass is 10.2. The Bertz CT molecular complexity index is 408.